The molecule has 0 fully saturated rings. The third kappa shape index (κ3) is 6.61. The van der Waals surface area contributed by atoms with E-state index in [0.717, 1.165) is 26.7 Å². The Labute approximate surface area is 215 Å². The molecule has 0 saturated carbocycles. The molecule has 3 aromatic carbocycles. The van der Waals surface area contributed by atoms with E-state index < -0.39 is 15.9 Å². The van der Waals surface area contributed by atoms with Crippen LogP contribution in [0.1, 0.15) is 49.4 Å². The fourth-order valence-corrected chi connectivity index (χ4v) is 5.70. The van der Waals surface area contributed by atoms with Crippen molar-refractivity contribution in [1.82, 2.24) is 5.43 Å². The zero-order valence-electron chi connectivity index (χ0n) is 21.9. The molecule has 1 N–H and O–H groups in total. The Kier molecular flexibility index (Phi) is 8.35. The van der Waals surface area contributed by atoms with Crippen LogP contribution >= 0.6 is 0 Å². The number of nitrogens with zero attached hydrogens (tertiary/aromatic N) is 2. The molecule has 0 spiro atoms. The van der Waals surface area contributed by atoms with Crippen LogP contribution in [0.15, 0.2) is 82.8 Å². The minimum Gasteiger partial charge on any atom is -0.271 e. The highest BCUT2D eigenvalue weighted by molar-refractivity contribution is 7.92. The number of hydrogen-bond donors (Lipinski definition) is 1. The molecule has 0 aromatic heterocycles. The first-order valence-electron chi connectivity index (χ1n) is 11.9. The Bertz CT molecular complexity index is 1350. The van der Waals surface area contributed by atoms with Crippen molar-refractivity contribution in [2.24, 2.45) is 5.10 Å². The van der Waals surface area contributed by atoms with E-state index in [1.807, 2.05) is 58.0 Å². The van der Waals surface area contributed by atoms with Gasteiger partial charge in [0.05, 0.1) is 10.6 Å². The van der Waals surface area contributed by atoms with Gasteiger partial charge >= 0.3 is 0 Å². The van der Waals surface area contributed by atoms with E-state index in [1.54, 1.807) is 30.3 Å². The molecule has 0 saturated heterocycles. The van der Waals surface area contributed by atoms with E-state index in [4.69, 9.17) is 0 Å². The summed E-state index contributed by atoms with van der Waals surface area (Å²) in [6.45, 7) is 11.4. The smallest absolute Gasteiger partial charge is 0.264 e. The molecule has 0 radical (unpaired) electrons. The number of sulfonamides is 1. The average Bonchev–Trinajstić information content (AvgIpc) is 2.82. The van der Waals surface area contributed by atoms with Crippen LogP contribution in [0.5, 0.6) is 0 Å². The molecule has 0 aliphatic carbocycles. The number of benzene rings is 3. The van der Waals surface area contributed by atoms with E-state index in [1.165, 1.54) is 5.56 Å². The molecule has 6 nitrogen and oxygen atoms in total. The van der Waals surface area contributed by atoms with Gasteiger partial charge in [0.2, 0.25) is 0 Å². The predicted octanol–water partition coefficient (Wildman–Crippen LogP) is 5.67. The monoisotopic (exact) mass is 505 g/mol. The van der Waals surface area contributed by atoms with Gasteiger partial charge in [0.25, 0.3) is 15.9 Å². The number of hydrazone groups is 1. The quantitative estimate of drug-likeness (QED) is 0.301. The van der Waals surface area contributed by atoms with Gasteiger partial charge in [0.1, 0.15) is 6.54 Å². The first kappa shape index (κ1) is 27.1. The molecule has 0 unspecified atom stereocenters. The van der Waals surface area contributed by atoms with Crippen molar-refractivity contribution in [1.29, 1.82) is 0 Å². The number of carbonyl (C=O) groups is 1. The van der Waals surface area contributed by atoms with Crippen molar-refractivity contribution >= 4 is 27.3 Å². The maximum atomic E-state index is 13.6. The molecule has 1 amide bonds. The molecule has 7 heteroatoms. The van der Waals surface area contributed by atoms with Gasteiger partial charge in [-0.3, -0.25) is 9.10 Å². The van der Waals surface area contributed by atoms with Crippen molar-refractivity contribution in [2.45, 2.75) is 58.3 Å². The van der Waals surface area contributed by atoms with Crippen LogP contribution < -0.4 is 9.73 Å². The first-order valence-corrected chi connectivity index (χ1v) is 13.4. The Hall–Kier alpha value is -3.45. The number of anilines is 1. The highest BCUT2D eigenvalue weighted by Crippen LogP contribution is 2.28. The first-order chi connectivity index (χ1) is 16.9. The van der Waals surface area contributed by atoms with Gasteiger partial charge in [-0.05, 0) is 68.9 Å². The minimum absolute atomic E-state index is 0.130. The standard InChI is InChI=1S/C29H35N3O3S/c1-21-12-15-26(16-13-21)36(34,35)32(27-17-14-22(2)18-23(27)3)20-28(33)31-30-24(4)19-29(5,6)25-10-8-7-9-11-25/h7-18H,19-20H2,1-6H3,(H,31,33)/b30-24-. The molecular weight excluding hydrogens is 470 g/mol. The van der Waals surface area contributed by atoms with Crippen LogP contribution in [0, 0.1) is 20.8 Å². The summed E-state index contributed by atoms with van der Waals surface area (Å²) in [4.78, 5) is 13.1. The fourth-order valence-electron chi connectivity index (χ4n) is 4.22. The summed E-state index contributed by atoms with van der Waals surface area (Å²) in [5, 5.41) is 4.28. The predicted molar refractivity (Wildman–Crippen MR) is 147 cm³/mol. The molecular formula is C29H35N3O3S. The van der Waals surface area contributed by atoms with Gasteiger partial charge in [-0.15, -0.1) is 0 Å². The molecule has 0 aliphatic heterocycles. The topological polar surface area (TPSA) is 78.8 Å². The van der Waals surface area contributed by atoms with Crippen molar-refractivity contribution in [3.63, 3.8) is 0 Å². The molecule has 0 atom stereocenters. The second-order valence-corrected chi connectivity index (χ2v) is 11.8. The van der Waals surface area contributed by atoms with Crippen LogP contribution in [-0.4, -0.2) is 26.6 Å². The van der Waals surface area contributed by atoms with Crippen LogP contribution in [0.3, 0.4) is 0 Å². The Morgan fingerprint density at radius 3 is 2.14 bits per heavy atom. The molecule has 0 aliphatic rings. The third-order valence-electron chi connectivity index (χ3n) is 6.14. The van der Waals surface area contributed by atoms with Gasteiger partial charge in [-0.25, -0.2) is 13.8 Å². The number of nitrogens with one attached hydrogen (secondary N) is 1. The number of hydrogen-bond acceptors (Lipinski definition) is 4. The van der Waals surface area contributed by atoms with Gasteiger partial charge in [0.15, 0.2) is 0 Å². The lowest BCUT2D eigenvalue weighted by Gasteiger charge is -2.26. The maximum absolute atomic E-state index is 13.6. The van der Waals surface area contributed by atoms with E-state index >= 15 is 0 Å². The normalized spacial score (nSPS) is 12.3. The van der Waals surface area contributed by atoms with Crippen molar-refractivity contribution < 1.29 is 13.2 Å². The van der Waals surface area contributed by atoms with E-state index in [-0.39, 0.29) is 16.9 Å². The molecule has 3 rings (SSSR count). The number of amides is 1. The van der Waals surface area contributed by atoms with Gasteiger partial charge < -0.3 is 0 Å². The van der Waals surface area contributed by atoms with Crippen LogP contribution in [0.4, 0.5) is 5.69 Å². The Balaban J connectivity index is 1.83. The van der Waals surface area contributed by atoms with E-state index in [2.05, 4.69) is 36.5 Å². The summed E-state index contributed by atoms with van der Waals surface area (Å²) >= 11 is 0. The van der Waals surface area contributed by atoms with Crippen LogP contribution in [-0.2, 0) is 20.2 Å². The minimum atomic E-state index is -3.98. The van der Waals surface area contributed by atoms with E-state index in [0.29, 0.717) is 12.1 Å². The lowest BCUT2D eigenvalue weighted by atomic mass is 9.80. The average molecular weight is 506 g/mol. The Morgan fingerprint density at radius 1 is 0.917 bits per heavy atom. The summed E-state index contributed by atoms with van der Waals surface area (Å²) in [6.07, 6.45) is 0.639. The lowest BCUT2D eigenvalue weighted by Crippen LogP contribution is -2.40. The summed E-state index contributed by atoms with van der Waals surface area (Å²) in [7, 11) is -3.98. The third-order valence-corrected chi connectivity index (χ3v) is 7.92. The number of aryl methyl sites for hydroxylation is 3. The van der Waals surface area contributed by atoms with Crippen LogP contribution in [0.25, 0.3) is 0 Å². The highest BCUT2D eigenvalue weighted by atomic mass is 32.2. The second kappa shape index (κ2) is 11.1. The molecule has 190 valence electrons. The van der Waals surface area contributed by atoms with Gasteiger partial charge in [-0.1, -0.05) is 79.6 Å². The Morgan fingerprint density at radius 2 is 1.53 bits per heavy atom. The van der Waals surface area contributed by atoms with Crippen molar-refractivity contribution in [3.8, 4) is 0 Å². The molecule has 36 heavy (non-hydrogen) atoms. The highest BCUT2D eigenvalue weighted by Gasteiger charge is 2.28. The zero-order valence-corrected chi connectivity index (χ0v) is 22.7. The van der Waals surface area contributed by atoms with Crippen molar-refractivity contribution in [3.05, 3.63) is 95.1 Å². The lowest BCUT2D eigenvalue weighted by molar-refractivity contribution is -0.119. The number of carbonyl (C=O) groups excluding carboxylic acids is 1. The van der Waals surface area contributed by atoms with Gasteiger partial charge in [-0.2, -0.15) is 5.10 Å². The summed E-state index contributed by atoms with van der Waals surface area (Å²) in [5.74, 6) is -0.512. The maximum Gasteiger partial charge on any atom is 0.264 e. The van der Waals surface area contributed by atoms with Gasteiger partial charge in [0, 0.05) is 5.71 Å². The molecule has 0 bridgehead atoms. The summed E-state index contributed by atoms with van der Waals surface area (Å²) in [5.41, 5.74) is 7.51. The van der Waals surface area contributed by atoms with Crippen molar-refractivity contribution in [2.75, 3.05) is 10.8 Å². The zero-order chi connectivity index (χ0) is 26.5. The SMILES string of the molecule is C/C(CC(C)(C)c1ccccc1)=N/NC(=O)CN(c1ccc(C)cc1C)S(=O)(=O)c1ccc(C)cc1. The number of rotatable bonds is 9. The summed E-state index contributed by atoms with van der Waals surface area (Å²) < 4.78 is 28.4. The molecule has 0 heterocycles. The van der Waals surface area contributed by atoms with Crippen LogP contribution in [0.2, 0.25) is 0 Å². The fraction of sp³-hybridized carbons (Fsp3) is 0.310. The molecule has 3 aromatic rings. The second-order valence-electron chi connectivity index (χ2n) is 9.92. The van der Waals surface area contributed by atoms with E-state index in [9.17, 15) is 13.2 Å². The summed E-state index contributed by atoms with van der Waals surface area (Å²) in [6, 6.07) is 22.2. The largest absolute Gasteiger partial charge is 0.271 e.